The molecule has 52 heavy (non-hydrogen) atoms. The predicted molar refractivity (Wildman–Crippen MR) is 194 cm³/mol. The number of allylic oxidation sites excluding steroid dienone is 4. The summed E-state index contributed by atoms with van der Waals surface area (Å²) in [4.78, 5) is 0. The molecule has 0 aromatic rings. The van der Waals surface area contributed by atoms with Crippen LogP contribution in [-0.4, -0.2) is 117 Å². The van der Waals surface area contributed by atoms with Crippen LogP contribution in [0.3, 0.4) is 0 Å². The summed E-state index contributed by atoms with van der Waals surface area (Å²) in [5.74, 6) is 0.196. The van der Waals surface area contributed by atoms with E-state index in [2.05, 4.69) is 27.4 Å². The fraction of sp³-hybridized carbons (Fsp3) is 0.810. The molecule has 18 atom stereocenters. The number of aliphatic hydroxyl groups is 3. The Hall–Kier alpha value is -1.44. The number of aliphatic hydroxyl groups excluding tert-OH is 2. The molecule has 8 rings (SSSR count). The molecule has 0 aromatic heterocycles. The smallest absolute Gasteiger partial charge is 0.110 e. The molecule has 7 heterocycles. The number of hydrogen-bond acceptors (Lipinski definition) is 10. The summed E-state index contributed by atoms with van der Waals surface area (Å²) >= 11 is 0. The lowest BCUT2D eigenvalue weighted by atomic mass is 9.63. The third-order valence-electron chi connectivity index (χ3n) is 14.2. The molecule has 10 heteroatoms. The van der Waals surface area contributed by atoms with Gasteiger partial charge in [-0.3, -0.25) is 0 Å². The van der Waals surface area contributed by atoms with Gasteiger partial charge in [0.1, 0.15) is 17.8 Å². The fourth-order valence-corrected chi connectivity index (χ4v) is 11.3. The molecule has 0 amide bonds. The first-order valence-corrected chi connectivity index (χ1v) is 20.0. The van der Waals surface area contributed by atoms with Crippen LogP contribution in [0.15, 0.2) is 49.1 Å². The van der Waals surface area contributed by atoms with Crippen molar-refractivity contribution in [1.82, 2.24) is 0 Å². The Balaban J connectivity index is 0.960. The molecule has 8 aliphatic rings. The Bertz CT molecular complexity index is 1430. The molecular formula is C42H62O10. The van der Waals surface area contributed by atoms with Gasteiger partial charge in [0.25, 0.3) is 0 Å². The molecule has 0 bridgehead atoms. The highest BCUT2D eigenvalue weighted by molar-refractivity contribution is 5.20. The van der Waals surface area contributed by atoms with E-state index in [1.54, 1.807) is 6.92 Å². The van der Waals surface area contributed by atoms with Crippen molar-refractivity contribution in [3.8, 4) is 0 Å². The van der Waals surface area contributed by atoms with Crippen molar-refractivity contribution in [2.24, 2.45) is 11.8 Å². The zero-order valence-electron chi connectivity index (χ0n) is 31.7. The summed E-state index contributed by atoms with van der Waals surface area (Å²) in [5.41, 5.74) is -3.62. The van der Waals surface area contributed by atoms with Crippen molar-refractivity contribution in [3.05, 3.63) is 49.1 Å². The standard InChI is InChI=1S/C42H62O10/c1-7-8-9-10-11-12-34-38(2,45)16-15-28-30(47-34)21-37-41(5,50-28)24-40(4)35(49-37)14-13-27-31(51-40)20-29-32(46-27)22-39(3)36(48-29)19-26-17-25(23-43)18-33(44)42(26,6)52-39/h7,9-12,15-16,25-37,43-45H,1,8,13-14,17-24H2,2-6H3/b10-9-,12-11-/t25-,26-,27-,28-,29-,30+,31+,32+,33+,34-,35+,36+,37-,38+,39-,40-,41+,42-/m1/s1. The first-order valence-electron chi connectivity index (χ1n) is 20.0. The molecule has 0 aromatic carbocycles. The Kier molecular flexibility index (Phi) is 9.83. The average Bonchev–Trinajstić information content (AvgIpc) is 3.28. The molecule has 7 aliphatic heterocycles. The highest BCUT2D eigenvalue weighted by atomic mass is 16.6. The van der Waals surface area contributed by atoms with E-state index in [9.17, 15) is 15.3 Å². The number of ether oxygens (including phenoxy) is 7. The van der Waals surface area contributed by atoms with Gasteiger partial charge in [0.05, 0.1) is 77.3 Å². The zero-order valence-corrected chi connectivity index (χ0v) is 31.7. The second-order valence-electron chi connectivity index (χ2n) is 18.4. The molecule has 1 aliphatic carbocycles. The van der Waals surface area contributed by atoms with E-state index >= 15 is 0 Å². The van der Waals surface area contributed by atoms with Gasteiger partial charge in [0.2, 0.25) is 0 Å². The van der Waals surface area contributed by atoms with E-state index in [0.717, 1.165) is 38.5 Å². The summed E-state index contributed by atoms with van der Waals surface area (Å²) in [6, 6.07) is 0. The number of rotatable bonds is 5. The fourth-order valence-electron chi connectivity index (χ4n) is 11.3. The minimum absolute atomic E-state index is 0.0811. The van der Waals surface area contributed by atoms with Gasteiger partial charge >= 0.3 is 0 Å². The van der Waals surface area contributed by atoms with Crippen molar-refractivity contribution >= 4 is 0 Å². The lowest BCUT2D eigenvalue weighted by Gasteiger charge is -2.61. The molecule has 3 N–H and O–H groups in total. The van der Waals surface area contributed by atoms with Crippen LogP contribution < -0.4 is 0 Å². The Labute approximate surface area is 309 Å². The van der Waals surface area contributed by atoms with Crippen LogP contribution >= 0.6 is 0 Å². The SMILES string of the molecule is C=CC/C=C\C=C/[C@H]1O[C@H]2C[C@H]3O[C@H]4CC[C@H]5O[C@H]6C[C@@]7(C)O[C@]8(C)[C@H](C[C@@H](CO)C[C@@H]8O)C[C@@H]7O[C@@H]6C[C@@H]5O[C@]4(C)C[C@]3(C)O[C@@H]2C=C[C@]1(C)O. The minimum atomic E-state index is -1.19. The van der Waals surface area contributed by atoms with Gasteiger partial charge in [-0.25, -0.2) is 0 Å². The number of fused-ring (bicyclic) bond motifs is 7. The summed E-state index contributed by atoms with van der Waals surface area (Å²) in [7, 11) is 0. The van der Waals surface area contributed by atoms with Gasteiger partial charge in [0, 0.05) is 32.3 Å². The van der Waals surface area contributed by atoms with Crippen LogP contribution in [-0.2, 0) is 33.2 Å². The summed E-state index contributed by atoms with van der Waals surface area (Å²) in [5, 5.41) is 32.4. The maximum Gasteiger partial charge on any atom is 0.110 e. The van der Waals surface area contributed by atoms with Crippen molar-refractivity contribution in [3.63, 3.8) is 0 Å². The van der Waals surface area contributed by atoms with Crippen molar-refractivity contribution in [2.75, 3.05) is 6.61 Å². The largest absolute Gasteiger partial charge is 0.396 e. The van der Waals surface area contributed by atoms with Crippen molar-refractivity contribution in [2.45, 2.75) is 194 Å². The van der Waals surface area contributed by atoms with E-state index in [0.29, 0.717) is 25.7 Å². The lowest BCUT2D eigenvalue weighted by molar-refractivity contribution is -0.353. The third-order valence-corrected chi connectivity index (χ3v) is 14.2. The van der Waals surface area contributed by atoms with Crippen molar-refractivity contribution < 1.29 is 48.5 Å². The van der Waals surface area contributed by atoms with Crippen LogP contribution in [0.25, 0.3) is 0 Å². The second kappa shape index (κ2) is 13.6. The maximum atomic E-state index is 11.3. The van der Waals surface area contributed by atoms with Gasteiger partial charge in [-0.2, -0.15) is 0 Å². The summed E-state index contributed by atoms with van der Waals surface area (Å²) in [6.07, 6.45) is 18.1. The third kappa shape index (κ3) is 6.54. The zero-order chi connectivity index (χ0) is 36.7. The quantitative estimate of drug-likeness (QED) is 0.263. The second-order valence-corrected chi connectivity index (χ2v) is 18.4. The van der Waals surface area contributed by atoms with Gasteiger partial charge < -0.3 is 48.5 Å². The Morgan fingerprint density at radius 2 is 1.56 bits per heavy atom. The van der Waals surface area contributed by atoms with E-state index in [4.69, 9.17) is 33.2 Å². The van der Waals surface area contributed by atoms with Crippen molar-refractivity contribution in [1.29, 1.82) is 0 Å². The van der Waals surface area contributed by atoms with E-state index in [1.165, 1.54) is 0 Å². The van der Waals surface area contributed by atoms with Crippen LogP contribution in [0.5, 0.6) is 0 Å². The Morgan fingerprint density at radius 3 is 2.35 bits per heavy atom. The topological polar surface area (TPSA) is 125 Å². The molecule has 0 spiro atoms. The molecular weight excluding hydrogens is 664 g/mol. The van der Waals surface area contributed by atoms with Crippen LogP contribution in [0.1, 0.15) is 98.8 Å². The first-order chi connectivity index (χ1) is 24.7. The van der Waals surface area contributed by atoms with Crippen LogP contribution in [0.4, 0.5) is 0 Å². The van der Waals surface area contributed by atoms with E-state index in [-0.39, 0.29) is 73.4 Å². The maximum absolute atomic E-state index is 11.3. The first kappa shape index (κ1) is 37.5. The normalized spacial score (nSPS) is 55.8. The highest BCUT2D eigenvalue weighted by Gasteiger charge is 2.64. The van der Waals surface area contributed by atoms with E-state index in [1.807, 2.05) is 49.5 Å². The number of hydrogen-bond donors (Lipinski definition) is 3. The lowest BCUT2D eigenvalue weighted by Crippen LogP contribution is -2.70. The van der Waals surface area contributed by atoms with Crippen LogP contribution in [0.2, 0.25) is 0 Å². The Morgan fingerprint density at radius 1 is 0.769 bits per heavy atom. The molecule has 290 valence electrons. The molecule has 1 saturated carbocycles. The van der Waals surface area contributed by atoms with Gasteiger partial charge in [-0.15, -0.1) is 6.58 Å². The monoisotopic (exact) mass is 726 g/mol. The summed E-state index contributed by atoms with van der Waals surface area (Å²) < 4.78 is 48.4. The predicted octanol–water partition coefficient (Wildman–Crippen LogP) is 5.02. The van der Waals surface area contributed by atoms with Crippen LogP contribution in [0, 0.1) is 11.8 Å². The molecule has 10 nitrogen and oxygen atoms in total. The molecule has 7 fully saturated rings. The van der Waals surface area contributed by atoms with Gasteiger partial charge in [-0.05, 0) is 85.0 Å². The molecule has 6 saturated heterocycles. The van der Waals surface area contributed by atoms with Gasteiger partial charge in [0.15, 0.2) is 0 Å². The van der Waals surface area contributed by atoms with Gasteiger partial charge in [-0.1, -0.05) is 42.5 Å². The van der Waals surface area contributed by atoms with E-state index < -0.39 is 40.2 Å². The molecule has 0 radical (unpaired) electrons. The summed E-state index contributed by atoms with van der Waals surface area (Å²) in [6.45, 7) is 14.1. The molecule has 0 unspecified atom stereocenters. The minimum Gasteiger partial charge on any atom is -0.396 e. The average molecular weight is 727 g/mol. The highest BCUT2D eigenvalue weighted by Crippen LogP contribution is 2.55.